The molecule has 6 nitrogen and oxygen atoms in total. The van der Waals surface area contributed by atoms with Crippen LogP contribution >= 0.6 is 0 Å². The second kappa shape index (κ2) is 7.78. The molecule has 0 radical (unpaired) electrons. The molecule has 0 saturated heterocycles. The van der Waals surface area contributed by atoms with Gasteiger partial charge in [0.15, 0.2) is 0 Å². The standard InChI is InChI=1S/C22H24N6/c1-17-19(13-24-27(17)3)14-26(2)15-20-16-28(21-7-5-4-6-8-21)25-22(20)18-9-11-23-12-10-18/h4-13,16H,14-15H2,1-3H3. The second-order valence-electron chi connectivity index (χ2n) is 7.07. The molecule has 0 bridgehead atoms. The molecule has 1 aromatic carbocycles. The largest absolute Gasteiger partial charge is 0.298 e. The highest BCUT2D eigenvalue weighted by atomic mass is 15.3. The van der Waals surface area contributed by atoms with Crippen molar-refractivity contribution in [3.63, 3.8) is 0 Å². The first-order valence-electron chi connectivity index (χ1n) is 9.32. The fourth-order valence-electron chi connectivity index (χ4n) is 3.33. The van der Waals surface area contributed by atoms with E-state index in [4.69, 9.17) is 5.10 Å². The summed E-state index contributed by atoms with van der Waals surface area (Å²) < 4.78 is 3.87. The molecule has 0 aliphatic heterocycles. The Hall–Kier alpha value is -3.25. The number of para-hydroxylation sites is 1. The molecule has 0 atom stereocenters. The Bertz CT molecular complexity index is 1050. The van der Waals surface area contributed by atoms with Crippen LogP contribution in [0.2, 0.25) is 0 Å². The monoisotopic (exact) mass is 372 g/mol. The number of aryl methyl sites for hydroxylation is 1. The lowest BCUT2D eigenvalue weighted by Gasteiger charge is -2.16. The second-order valence-corrected chi connectivity index (χ2v) is 7.07. The molecule has 0 N–H and O–H groups in total. The van der Waals surface area contributed by atoms with Gasteiger partial charge in [-0.3, -0.25) is 14.6 Å². The average molecular weight is 372 g/mol. The molecule has 142 valence electrons. The number of benzene rings is 1. The van der Waals surface area contributed by atoms with E-state index in [1.165, 1.54) is 16.8 Å². The number of nitrogens with zero attached hydrogens (tertiary/aromatic N) is 6. The molecular formula is C22H24N6. The van der Waals surface area contributed by atoms with Crippen LogP contribution in [0.1, 0.15) is 16.8 Å². The van der Waals surface area contributed by atoms with Gasteiger partial charge in [0.25, 0.3) is 0 Å². The van der Waals surface area contributed by atoms with Gasteiger partial charge in [-0.15, -0.1) is 0 Å². The average Bonchev–Trinajstić information content (AvgIpc) is 3.28. The molecule has 0 fully saturated rings. The predicted molar refractivity (Wildman–Crippen MR) is 110 cm³/mol. The van der Waals surface area contributed by atoms with Gasteiger partial charge in [0.1, 0.15) is 0 Å². The summed E-state index contributed by atoms with van der Waals surface area (Å²) in [5.41, 5.74) is 6.73. The van der Waals surface area contributed by atoms with Crippen LogP contribution in [0.5, 0.6) is 0 Å². The lowest BCUT2D eigenvalue weighted by molar-refractivity contribution is 0.318. The van der Waals surface area contributed by atoms with Crippen molar-refractivity contribution >= 4 is 0 Å². The molecule has 0 amide bonds. The maximum Gasteiger partial charge on any atom is 0.0973 e. The first-order valence-corrected chi connectivity index (χ1v) is 9.32. The Labute approximate surface area is 165 Å². The smallest absolute Gasteiger partial charge is 0.0973 e. The summed E-state index contributed by atoms with van der Waals surface area (Å²) in [6, 6.07) is 14.2. The van der Waals surface area contributed by atoms with Gasteiger partial charge in [-0.25, -0.2) is 4.68 Å². The van der Waals surface area contributed by atoms with Gasteiger partial charge in [0, 0.05) is 61.1 Å². The Balaban J connectivity index is 1.65. The maximum atomic E-state index is 4.88. The van der Waals surface area contributed by atoms with E-state index in [1.54, 1.807) is 0 Å². The number of hydrogen-bond acceptors (Lipinski definition) is 4. The van der Waals surface area contributed by atoms with Crippen molar-refractivity contribution in [2.75, 3.05) is 7.05 Å². The van der Waals surface area contributed by atoms with Crippen molar-refractivity contribution in [1.82, 2.24) is 29.4 Å². The predicted octanol–water partition coefficient (Wildman–Crippen LogP) is 3.61. The Morgan fingerprint density at radius 1 is 0.964 bits per heavy atom. The molecule has 0 spiro atoms. The van der Waals surface area contributed by atoms with Gasteiger partial charge in [-0.1, -0.05) is 18.2 Å². The fourth-order valence-corrected chi connectivity index (χ4v) is 3.33. The van der Waals surface area contributed by atoms with Crippen molar-refractivity contribution in [2.24, 2.45) is 7.05 Å². The highest BCUT2D eigenvalue weighted by Gasteiger charge is 2.15. The SMILES string of the molecule is Cc1c(CN(C)Cc2cn(-c3ccccc3)nc2-c2ccncc2)cnn1C. The number of pyridine rings is 1. The summed E-state index contributed by atoms with van der Waals surface area (Å²) in [5, 5.41) is 9.23. The van der Waals surface area contributed by atoms with Crippen molar-refractivity contribution in [3.05, 3.63) is 84.1 Å². The molecule has 0 saturated carbocycles. The summed E-state index contributed by atoms with van der Waals surface area (Å²) in [4.78, 5) is 6.43. The van der Waals surface area contributed by atoms with Gasteiger partial charge >= 0.3 is 0 Å². The van der Waals surface area contributed by atoms with Crippen LogP contribution < -0.4 is 0 Å². The molecule has 6 heteroatoms. The van der Waals surface area contributed by atoms with Crippen LogP contribution in [-0.4, -0.2) is 36.5 Å². The van der Waals surface area contributed by atoms with Gasteiger partial charge in [-0.05, 0) is 38.2 Å². The van der Waals surface area contributed by atoms with Crippen LogP contribution in [0.3, 0.4) is 0 Å². The Morgan fingerprint density at radius 2 is 1.68 bits per heavy atom. The van der Waals surface area contributed by atoms with Gasteiger partial charge in [-0.2, -0.15) is 10.2 Å². The molecule has 0 aliphatic carbocycles. The quantitative estimate of drug-likeness (QED) is 0.519. The van der Waals surface area contributed by atoms with Gasteiger partial charge < -0.3 is 0 Å². The Morgan fingerprint density at radius 3 is 2.36 bits per heavy atom. The highest BCUT2D eigenvalue weighted by molar-refractivity contribution is 5.62. The summed E-state index contributed by atoms with van der Waals surface area (Å²) in [6.07, 6.45) is 7.69. The van der Waals surface area contributed by atoms with E-state index in [1.807, 2.05) is 65.3 Å². The third-order valence-electron chi connectivity index (χ3n) is 4.98. The normalized spacial score (nSPS) is 11.3. The summed E-state index contributed by atoms with van der Waals surface area (Å²) in [7, 11) is 4.10. The fraction of sp³-hybridized carbons (Fsp3) is 0.227. The summed E-state index contributed by atoms with van der Waals surface area (Å²) in [5.74, 6) is 0. The number of rotatable bonds is 6. The van der Waals surface area contributed by atoms with E-state index in [0.717, 1.165) is 30.0 Å². The zero-order chi connectivity index (χ0) is 19.5. The topological polar surface area (TPSA) is 51.8 Å². The zero-order valence-corrected chi connectivity index (χ0v) is 16.4. The van der Waals surface area contributed by atoms with E-state index in [9.17, 15) is 0 Å². The van der Waals surface area contributed by atoms with Crippen molar-refractivity contribution < 1.29 is 0 Å². The lowest BCUT2D eigenvalue weighted by Crippen LogP contribution is -2.17. The minimum Gasteiger partial charge on any atom is -0.298 e. The van der Waals surface area contributed by atoms with Crippen LogP contribution in [0.4, 0.5) is 0 Å². The van der Waals surface area contributed by atoms with E-state index >= 15 is 0 Å². The third kappa shape index (κ3) is 3.73. The molecule has 0 aliphatic rings. The minimum atomic E-state index is 0.791. The molecule has 4 aromatic rings. The number of aromatic nitrogens is 5. The van der Waals surface area contributed by atoms with Crippen molar-refractivity contribution in [2.45, 2.75) is 20.0 Å². The Kier molecular flexibility index (Phi) is 5.04. The molecular weight excluding hydrogens is 348 g/mol. The van der Waals surface area contributed by atoms with Crippen molar-refractivity contribution in [3.8, 4) is 16.9 Å². The van der Waals surface area contributed by atoms with Crippen LogP contribution in [0.15, 0.2) is 67.3 Å². The summed E-state index contributed by atoms with van der Waals surface area (Å²) >= 11 is 0. The van der Waals surface area contributed by atoms with Crippen LogP contribution in [0.25, 0.3) is 16.9 Å². The third-order valence-corrected chi connectivity index (χ3v) is 4.98. The van der Waals surface area contributed by atoms with E-state index < -0.39 is 0 Å². The zero-order valence-electron chi connectivity index (χ0n) is 16.4. The first-order chi connectivity index (χ1) is 13.6. The molecule has 4 rings (SSSR count). The van der Waals surface area contributed by atoms with E-state index in [-0.39, 0.29) is 0 Å². The number of hydrogen-bond donors (Lipinski definition) is 0. The minimum absolute atomic E-state index is 0.791. The first kappa shape index (κ1) is 18.1. The lowest BCUT2D eigenvalue weighted by atomic mass is 10.1. The van der Waals surface area contributed by atoms with Gasteiger partial charge in [0.05, 0.1) is 17.6 Å². The van der Waals surface area contributed by atoms with Crippen LogP contribution in [0, 0.1) is 6.92 Å². The molecule has 0 unspecified atom stereocenters. The highest BCUT2D eigenvalue weighted by Crippen LogP contribution is 2.25. The van der Waals surface area contributed by atoms with Gasteiger partial charge in [0.2, 0.25) is 0 Å². The maximum absolute atomic E-state index is 4.88. The summed E-state index contributed by atoms with van der Waals surface area (Å²) in [6.45, 7) is 3.73. The van der Waals surface area contributed by atoms with E-state index in [0.29, 0.717) is 0 Å². The van der Waals surface area contributed by atoms with Crippen molar-refractivity contribution in [1.29, 1.82) is 0 Å². The molecule has 3 aromatic heterocycles. The molecule has 3 heterocycles. The van der Waals surface area contributed by atoms with Crippen LogP contribution in [-0.2, 0) is 20.1 Å². The van der Waals surface area contributed by atoms with E-state index in [2.05, 4.69) is 47.3 Å². The molecule has 28 heavy (non-hydrogen) atoms.